The quantitative estimate of drug-likeness (QED) is 0.0867. The monoisotopic (exact) mass is 640 g/mol. The lowest BCUT2D eigenvalue weighted by Crippen LogP contribution is -2.31. The molecule has 4 N–H and O–H groups in total. The first-order valence-corrected chi connectivity index (χ1v) is 15.9. The Kier molecular flexibility index (Phi) is 24.0. The van der Waals surface area contributed by atoms with Crippen LogP contribution in [0, 0.1) is 5.92 Å². The van der Waals surface area contributed by atoms with Crippen molar-refractivity contribution >= 4 is 29.4 Å². The van der Waals surface area contributed by atoms with E-state index in [9.17, 15) is 29.1 Å². The lowest BCUT2D eigenvalue weighted by atomic mass is 9.94. The zero-order valence-corrected chi connectivity index (χ0v) is 26.6. The number of carboxylic acids is 1. The third-order valence-electron chi connectivity index (χ3n) is 6.70. The molecule has 14 nitrogen and oxygen atoms in total. The van der Waals surface area contributed by atoms with Crippen LogP contribution in [0.4, 0.5) is 0 Å². The Hall–Kier alpha value is -3.20. The maximum atomic E-state index is 12.1. The molecule has 0 radical (unpaired) electrons. The fourth-order valence-corrected chi connectivity index (χ4v) is 4.20. The molecule has 45 heavy (non-hydrogen) atoms. The Bertz CT molecular complexity index is 958. The van der Waals surface area contributed by atoms with Gasteiger partial charge in [-0.05, 0) is 38.5 Å². The van der Waals surface area contributed by atoms with Crippen LogP contribution in [0.5, 0.6) is 0 Å². The average Bonchev–Trinajstić information content (AvgIpc) is 3.54. The number of Topliss-reactive ketones (excluding diaryl/α,β-unsaturated/α-hetero) is 2. The van der Waals surface area contributed by atoms with Gasteiger partial charge < -0.3 is 39.7 Å². The minimum absolute atomic E-state index is 0.0318. The summed E-state index contributed by atoms with van der Waals surface area (Å²) >= 11 is 0. The number of carbonyl (C=O) groups is 5. The van der Waals surface area contributed by atoms with Crippen LogP contribution in [-0.2, 0) is 49.3 Å². The molecule has 0 aliphatic heterocycles. The van der Waals surface area contributed by atoms with E-state index in [4.69, 9.17) is 18.9 Å². The number of hydrogen-bond acceptors (Lipinski definition) is 10. The summed E-state index contributed by atoms with van der Waals surface area (Å²) in [7, 11) is 0. The van der Waals surface area contributed by atoms with Crippen LogP contribution in [0.25, 0.3) is 0 Å². The molecule has 0 saturated carbocycles. The number of H-pyrrole nitrogens is 1. The number of hydrogen-bond donors (Lipinski definition) is 4. The van der Waals surface area contributed by atoms with Gasteiger partial charge in [0.1, 0.15) is 24.8 Å². The van der Waals surface area contributed by atoms with E-state index in [0.29, 0.717) is 90.7 Å². The smallest absolute Gasteiger partial charge is 0.306 e. The summed E-state index contributed by atoms with van der Waals surface area (Å²) in [4.78, 5) is 65.5. The molecule has 0 spiro atoms. The third-order valence-corrected chi connectivity index (χ3v) is 6.70. The zero-order valence-electron chi connectivity index (χ0n) is 26.6. The Morgan fingerprint density at radius 3 is 2.04 bits per heavy atom. The number of unbranched alkanes of at least 4 members (excludes halogenated alkanes) is 1. The van der Waals surface area contributed by atoms with Gasteiger partial charge in [0, 0.05) is 57.3 Å². The van der Waals surface area contributed by atoms with E-state index in [1.807, 2.05) is 6.92 Å². The molecule has 1 heterocycles. The van der Waals surface area contributed by atoms with Gasteiger partial charge in [-0.15, -0.1) is 0 Å². The number of ketones is 2. The molecule has 2 amide bonds. The molecule has 0 bridgehead atoms. The van der Waals surface area contributed by atoms with Crippen molar-refractivity contribution in [3.8, 4) is 0 Å². The van der Waals surface area contributed by atoms with Gasteiger partial charge in [-0.1, -0.05) is 13.3 Å². The van der Waals surface area contributed by atoms with Crippen molar-refractivity contribution in [1.29, 1.82) is 0 Å². The highest BCUT2D eigenvalue weighted by atomic mass is 16.5. The van der Waals surface area contributed by atoms with E-state index >= 15 is 0 Å². The maximum Gasteiger partial charge on any atom is 0.306 e. The number of aromatic amines is 1. The topological polar surface area (TPSA) is 195 Å². The molecular weight excluding hydrogens is 588 g/mol. The maximum absolute atomic E-state index is 12.1. The number of aryl methyl sites for hydroxylation is 1. The number of imidazole rings is 1. The molecular formula is C31H52N4O10. The predicted octanol–water partition coefficient (Wildman–Crippen LogP) is 2.01. The third kappa shape index (κ3) is 23.8. The molecule has 0 fully saturated rings. The normalized spacial score (nSPS) is 11.7. The fraction of sp³-hybridized carbons (Fsp3) is 0.742. The van der Waals surface area contributed by atoms with Crippen molar-refractivity contribution in [2.45, 2.75) is 77.6 Å². The molecule has 1 rings (SSSR count). The Morgan fingerprint density at radius 2 is 1.40 bits per heavy atom. The summed E-state index contributed by atoms with van der Waals surface area (Å²) in [6, 6.07) is 0. The van der Waals surface area contributed by atoms with Gasteiger partial charge in [0.25, 0.3) is 0 Å². The van der Waals surface area contributed by atoms with Crippen molar-refractivity contribution in [2.75, 3.05) is 65.9 Å². The molecule has 0 aromatic carbocycles. The first-order chi connectivity index (χ1) is 21.8. The summed E-state index contributed by atoms with van der Waals surface area (Å²) in [5, 5.41) is 14.9. The van der Waals surface area contributed by atoms with Gasteiger partial charge in [0.15, 0.2) is 0 Å². The first kappa shape index (κ1) is 39.8. The van der Waals surface area contributed by atoms with Crippen LogP contribution in [0.2, 0.25) is 0 Å². The molecule has 0 aliphatic carbocycles. The number of nitrogens with one attached hydrogen (secondary N) is 3. The summed E-state index contributed by atoms with van der Waals surface area (Å²) in [6.07, 6.45) is 9.07. The van der Waals surface area contributed by atoms with E-state index in [1.54, 1.807) is 12.5 Å². The van der Waals surface area contributed by atoms with Crippen LogP contribution in [0.15, 0.2) is 12.5 Å². The van der Waals surface area contributed by atoms with Gasteiger partial charge in [0.2, 0.25) is 11.8 Å². The van der Waals surface area contributed by atoms with Gasteiger partial charge in [-0.3, -0.25) is 24.0 Å². The Balaban J connectivity index is 1.90. The fourth-order valence-electron chi connectivity index (χ4n) is 4.20. The van der Waals surface area contributed by atoms with Crippen LogP contribution in [0.1, 0.15) is 76.8 Å². The highest BCUT2D eigenvalue weighted by molar-refractivity contribution is 5.80. The number of carbonyl (C=O) groups excluding carboxylic acids is 4. The summed E-state index contributed by atoms with van der Waals surface area (Å²) in [5.41, 5.74) is 0.878. The van der Waals surface area contributed by atoms with E-state index in [1.165, 1.54) is 0 Å². The number of amides is 2. The molecule has 1 aromatic rings. The molecule has 256 valence electrons. The van der Waals surface area contributed by atoms with Crippen molar-refractivity contribution in [2.24, 2.45) is 5.92 Å². The van der Waals surface area contributed by atoms with Crippen LogP contribution >= 0.6 is 0 Å². The predicted molar refractivity (Wildman–Crippen MR) is 165 cm³/mol. The first-order valence-electron chi connectivity index (χ1n) is 15.9. The number of ether oxygens (including phenoxy) is 4. The number of carboxylic acid groups (broad SMARTS) is 1. The van der Waals surface area contributed by atoms with Gasteiger partial charge in [-0.2, -0.15) is 0 Å². The van der Waals surface area contributed by atoms with E-state index in [2.05, 4.69) is 20.6 Å². The number of nitrogens with zero attached hydrogens (tertiary/aromatic N) is 1. The van der Waals surface area contributed by atoms with Gasteiger partial charge >= 0.3 is 5.97 Å². The summed E-state index contributed by atoms with van der Waals surface area (Å²) < 4.78 is 21.3. The largest absolute Gasteiger partial charge is 0.481 e. The summed E-state index contributed by atoms with van der Waals surface area (Å²) in [5.74, 6) is -1.74. The molecule has 0 unspecified atom stereocenters. The SMILES string of the molecule is CCCC(=O)CCCOCCOCC(=O)NCCOCCOCC(=O)NCCCC[C@H](CCC(=O)CCc1cnc[nH]1)C(=O)O. The highest BCUT2D eigenvalue weighted by Gasteiger charge is 2.18. The second-order valence-corrected chi connectivity index (χ2v) is 10.6. The summed E-state index contributed by atoms with van der Waals surface area (Å²) in [6.45, 7) is 4.44. The van der Waals surface area contributed by atoms with Crippen LogP contribution in [0.3, 0.4) is 0 Å². The average molecular weight is 641 g/mol. The van der Waals surface area contributed by atoms with Crippen molar-refractivity contribution in [3.63, 3.8) is 0 Å². The van der Waals surface area contributed by atoms with Crippen molar-refractivity contribution in [3.05, 3.63) is 18.2 Å². The lowest BCUT2D eigenvalue weighted by molar-refractivity contribution is -0.142. The second-order valence-electron chi connectivity index (χ2n) is 10.6. The van der Waals surface area contributed by atoms with Crippen LogP contribution in [-0.4, -0.2) is 110 Å². The molecule has 14 heteroatoms. The van der Waals surface area contributed by atoms with Crippen LogP contribution < -0.4 is 10.6 Å². The zero-order chi connectivity index (χ0) is 33.0. The molecule has 1 aromatic heterocycles. The Labute approximate surface area is 265 Å². The highest BCUT2D eigenvalue weighted by Crippen LogP contribution is 2.16. The Morgan fingerprint density at radius 1 is 0.756 bits per heavy atom. The number of aromatic nitrogens is 2. The van der Waals surface area contributed by atoms with Gasteiger partial charge in [-0.25, -0.2) is 4.98 Å². The van der Waals surface area contributed by atoms with E-state index < -0.39 is 11.9 Å². The van der Waals surface area contributed by atoms with Crippen molar-refractivity contribution < 1.29 is 48.0 Å². The minimum atomic E-state index is -0.908. The standard InChI is InChI=1S/C31H52N4O10/c1-2-6-27(36)8-5-15-42-17-19-44-23-30(39)34-14-16-43-18-20-45-22-29(38)33-13-4-3-7-25(31(40)41)9-11-28(37)12-10-26-21-32-24-35-26/h21,24-25H,2-20,22-23H2,1H3,(H,32,35)(H,33,38)(H,34,39)(H,40,41)/t25-/m1/s1. The van der Waals surface area contributed by atoms with E-state index in [0.717, 1.165) is 12.1 Å². The second kappa shape index (κ2) is 27.1. The van der Waals surface area contributed by atoms with Gasteiger partial charge in [0.05, 0.1) is 45.3 Å². The van der Waals surface area contributed by atoms with E-state index in [-0.39, 0.29) is 62.8 Å². The number of rotatable bonds is 31. The molecule has 0 aliphatic rings. The lowest BCUT2D eigenvalue weighted by Gasteiger charge is -2.12. The van der Waals surface area contributed by atoms with Crippen molar-refractivity contribution in [1.82, 2.24) is 20.6 Å². The number of aliphatic carboxylic acids is 1. The molecule has 0 saturated heterocycles. The minimum Gasteiger partial charge on any atom is -0.481 e. The molecule has 1 atom stereocenters.